The Kier molecular flexibility index (Phi) is 4.79. The molecule has 0 saturated carbocycles. The second-order valence-electron chi connectivity index (χ2n) is 3.62. The molecule has 1 nitrogen and oxygen atoms in total. The van der Waals surface area contributed by atoms with E-state index in [1.165, 1.54) is 4.17 Å². The third-order valence-electron chi connectivity index (χ3n) is 1.25. The molecule has 0 amide bonds. The molecule has 0 radical (unpaired) electrons. The molecular formula is C6H14MgOSi. The quantitative estimate of drug-likeness (QED) is 0.342. The molecule has 0 atom stereocenters. The van der Waals surface area contributed by atoms with Crippen LogP contribution < -0.4 is 0 Å². The van der Waals surface area contributed by atoms with Gasteiger partial charge in [-0.15, -0.1) is 4.17 Å². The van der Waals surface area contributed by atoms with Crippen LogP contribution in [-0.4, -0.2) is 34.7 Å². The Morgan fingerprint density at radius 1 is 1.44 bits per heavy atom. The lowest BCUT2D eigenvalue weighted by Crippen LogP contribution is -2.22. The highest BCUT2D eigenvalue weighted by Crippen LogP contribution is 2.06. The van der Waals surface area contributed by atoms with Crippen molar-refractivity contribution in [2.24, 2.45) is 0 Å². The summed E-state index contributed by atoms with van der Waals surface area (Å²) in [5.74, 6) is 0. The molecule has 0 N–H and O–H groups in total. The Hall–Kier alpha value is 0.653. The molecule has 50 valence electrons. The highest BCUT2D eigenvalue weighted by atomic mass is 28.3. The molecule has 0 heterocycles. The molecule has 0 aliphatic rings. The van der Waals surface area contributed by atoms with Gasteiger partial charge in [-0.25, -0.2) is 0 Å². The van der Waals surface area contributed by atoms with Gasteiger partial charge in [0.05, 0.1) is 6.29 Å². The van der Waals surface area contributed by atoms with Crippen molar-refractivity contribution in [2.75, 3.05) is 0 Å². The van der Waals surface area contributed by atoms with E-state index in [9.17, 15) is 4.79 Å². The van der Waals surface area contributed by atoms with Crippen LogP contribution in [0.5, 0.6) is 0 Å². The largest absolute Gasteiger partial charge is 0.371 e. The van der Waals surface area contributed by atoms with Gasteiger partial charge in [-0.2, -0.15) is 0 Å². The van der Waals surface area contributed by atoms with Gasteiger partial charge in [0.25, 0.3) is 0 Å². The Morgan fingerprint density at radius 3 is 2.33 bits per heavy atom. The fourth-order valence-electron chi connectivity index (χ4n) is 0.716. The molecule has 0 aromatic rings. The minimum atomic E-state index is -0.792. The second-order valence-corrected chi connectivity index (χ2v) is 12.0. The van der Waals surface area contributed by atoms with Crippen LogP contribution >= 0.6 is 0 Å². The van der Waals surface area contributed by atoms with Crippen molar-refractivity contribution in [3.8, 4) is 0 Å². The molecule has 0 aromatic heterocycles. The Labute approximate surface area is 67.9 Å². The van der Waals surface area contributed by atoms with E-state index in [1.54, 1.807) is 0 Å². The maximum Gasteiger partial charge on any atom is 0.371 e. The van der Waals surface area contributed by atoms with Crippen molar-refractivity contribution in [3.63, 3.8) is 0 Å². The smallest absolute Gasteiger partial charge is 0.306 e. The van der Waals surface area contributed by atoms with Crippen molar-refractivity contribution in [2.45, 2.75) is 28.4 Å². The maximum absolute atomic E-state index is 9.94. The van der Waals surface area contributed by atoms with Crippen LogP contribution in [0, 0.1) is 0 Å². The molecular weight excluding hydrogens is 140 g/mol. The minimum Gasteiger partial charge on any atom is -0.306 e. The maximum atomic E-state index is 9.94. The zero-order valence-corrected chi connectivity index (χ0v) is 9.02. The average molecular weight is 155 g/mol. The van der Waals surface area contributed by atoms with Crippen LogP contribution in [0.2, 0.25) is 28.4 Å². The summed E-state index contributed by atoms with van der Waals surface area (Å²) in [6, 6.07) is 0. The normalized spacial score (nSPS) is 10.6. The first kappa shape index (κ1) is 9.65. The zero-order chi connectivity index (χ0) is 7.33. The topological polar surface area (TPSA) is 17.1 Å². The van der Waals surface area contributed by atoms with Gasteiger partial charge in [-0.3, -0.25) is 0 Å². The van der Waals surface area contributed by atoms with E-state index in [2.05, 4.69) is 19.6 Å². The van der Waals surface area contributed by atoms with Crippen molar-refractivity contribution >= 4 is 34.7 Å². The predicted molar refractivity (Wildman–Crippen MR) is 44.8 cm³/mol. The van der Waals surface area contributed by atoms with Crippen LogP contribution in [0.1, 0.15) is 0 Å². The molecule has 3 heteroatoms. The zero-order valence-electron chi connectivity index (χ0n) is 6.61. The summed E-state index contributed by atoms with van der Waals surface area (Å²) in [6.45, 7) is 7.10. The summed E-state index contributed by atoms with van der Waals surface area (Å²) < 4.78 is 2.32. The summed E-state index contributed by atoms with van der Waals surface area (Å²) in [5.41, 5.74) is 0. The molecule has 0 unspecified atom stereocenters. The van der Waals surface area contributed by atoms with E-state index in [-0.39, 0.29) is 20.4 Å². The first-order valence-corrected chi connectivity index (χ1v) is 9.20. The molecule has 0 aliphatic carbocycles. The van der Waals surface area contributed by atoms with Gasteiger partial charge in [0.1, 0.15) is 0 Å². The molecule has 0 spiro atoms. The Morgan fingerprint density at radius 2 is 2.00 bits per heavy atom. The van der Waals surface area contributed by atoms with E-state index in [0.29, 0.717) is 0 Å². The van der Waals surface area contributed by atoms with Gasteiger partial charge in [-0.1, -0.05) is 24.2 Å². The predicted octanol–water partition coefficient (Wildman–Crippen LogP) is 1.60. The van der Waals surface area contributed by atoms with Crippen molar-refractivity contribution < 1.29 is 4.79 Å². The molecule has 0 saturated heterocycles. The second kappa shape index (κ2) is 4.47. The Balaban J connectivity index is 3.17. The summed E-state index contributed by atoms with van der Waals surface area (Å²) in [7, 11) is -0.792. The summed E-state index contributed by atoms with van der Waals surface area (Å²) >= 11 is 0.000772. The number of aldehydes is 1. The lowest BCUT2D eigenvalue weighted by molar-refractivity contribution is -0.106. The SMILES string of the molecule is C[Si](C)(C)[CH2][Mg][CH2]C=O. The third kappa shape index (κ3) is 8.65. The first-order valence-electron chi connectivity index (χ1n) is 3.50. The van der Waals surface area contributed by atoms with E-state index in [0.717, 1.165) is 10.8 Å². The van der Waals surface area contributed by atoms with Crippen LogP contribution in [0.25, 0.3) is 0 Å². The highest BCUT2D eigenvalue weighted by Gasteiger charge is 2.12. The average Bonchev–Trinajstić information content (AvgIpc) is 1.63. The van der Waals surface area contributed by atoms with Crippen molar-refractivity contribution in [1.82, 2.24) is 0 Å². The number of carbonyl (C=O) groups is 1. The minimum absolute atomic E-state index is 0.000772. The fourth-order valence-corrected chi connectivity index (χ4v) is 5.94. The molecule has 0 rings (SSSR count). The van der Waals surface area contributed by atoms with Crippen molar-refractivity contribution in [3.05, 3.63) is 0 Å². The Bertz CT molecular complexity index is 87.5. The van der Waals surface area contributed by atoms with Gasteiger partial charge in [0, 0.05) is 8.07 Å². The monoisotopic (exact) mass is 154 g/mol. The van der Waals surface area contributed by atoms with Crippen molar-refractivity contribution in [1.29, 1.82) is 0 Å². The van der Waals surface area contributed by atoms with Gasteiger partial charge >= 0.3 is 20.4 Å². The number of rotatable bonds is 4. The van der Waals surface area contributed by atoms with Gasteiger partial charge in [0.15, 0.2) is 0 Å². The molecule has 0 aromatic carbocycles. The highest BCUT2D eigenvalue weighted by molar-refractivity contribution is 6.83. The first-order chi connectivity index (χ1) is 4.06. The van der Waals surface area contributed by atoms with E-state index >= 15 is 0 Å². The fraction of sp³-hybridized carbons (Fsp3) is 0.833. The van der Waals surface area contributed by atoms with Crippen LogP contribution in [-0.2, 0) is 4.79 Å². The number of hydrogen-bond acceptors (Lipinski definition) is 1. The van der Waals surface area contributed by atoms with Gasteiger partial charge in [-0.05, 0) is 0 Å². The van der Waals surface area contributed by atoms with E-state index < -0.39 is 8.07 Å². The third-order valence-corrected chi connectivity index (χ3v) is 9.31. The summed E-state index contributed by atoms with van der Waals surface area (Å²) in [5, 5.41) is 0. The molecule has 0 fully saturated rings. The molecule has 0 bridgehead atoms. The number of hydrogen-bond donors (Lipinski definition) is 0. The van der Waals surface area contributed by atoms with E-state index in [1.807, 2.05) is 0 Å². The summed E-state index contributed by atoms with van der Waals surface area (Å²) in [4.78, 5) is 9.94. The van der Waals surface area contributed by atoms with Gasteiger partial charge < -0.3 is 4.79 Å². The van der Waals surface area contributed by atoms with Crippen LogP contribution in [0.3, 0.4) is 0 Å². The lowest BCUT2D eigenvalue weighted by atomic mass is 10.9. The lowest BCUT2D eigenvalue weighted by Gasteiger charge is -2.13. The van der Waals surface area contributed by atoms with Crippen LogP contribution in [0.4, 0.5) is 0 Å². The molecule has 9 heavy (non-hydrogen) atoms. The summed E-state index contributed by atoms with van der Waals surface area (Å²) in [6.07, 6.45) is 1.08. The molecule has 0 aliphatic heterocycles. The standard InChI is InChI=1S/C4H11Si.C2H3O.Mg/c1-5(2,3)4;1-2-3;/h1H2,2-4H3;2H,1H2;. The van der Waals surface area contributed by atoms with E-state index in [4.69, 9.17) is 0 Å². The van der Waals surface area contributed by atoms with Crippen LogP contribution in [0.15, 0.2) is 0 Å². The number of carbonyl (C=O) groups excluding carboxylic acids is 1. The van der Waals surface area contributed by atoms with Gasteiger partial charge in [0.2, 0.25) is 0 Å².